The molecule has 1 aliphatic carbocycles. The van der Waals surface area contributed by atoms with Crippen molar-refractivity contribution in [3.63, 3.8) is 0 Å². The van der Waals surface area contributed by atoms with E-state index in [4.69, 9.17) is 4.74 Å². The van der Waals surface area contributed by atoms with Gasteiger partial charge in [-0.25, -0.2) is 0 Å². The summed E-state index contributed by atoms with van der Waals surface area (Å²) in [5.74, 6) is 0. The van der Waals surface area contributed by atoms with Crippen LogP contribution in [-0.2, 0) is 10.2 Å². The lowest BCUT2D eigenvalue weighted by molar-refractivity contribution is 0.0248. The Hall–Kier alpha value is -0.380. The highest BCUT2D eigenvalue weighted by Gasteiger charge is 2.50. The Morgan fingerprint density at radius 3 is 3.21 bits per heavy atom. The molecule has 2 heterocycles. The first-order chi connectivity index (χ1) is 6.86. The van der Waals surface area contributed by atoms with Gasteiger partial charge in [0.15, 0.2) is 0 Å². The lowest BCUT2D eigenvalue weighted by atomic mass is 9.96. The van der Waals surface area contributed by atoms with Gasteiger partial charge in [-0.15, -0.1) is 11.3 Å². The molecule has 0 amide bonds. The van der Waals surface area contributed by atoms with Crippen LogP contribution < -0.4 is 5.32 Å². The van der Waals surface area contributed by atoms with E-state index < -0.39 is 0 Å². The van der Waals surface area contributed by atoms with Gasteiger partial charge in [-0.1, -0.05) is 0 Å². The van der Waals surface area contributed by atoms with Gasteiger partial charge in [-0.2, -0.15) is 0 Å². The zero-order chi connectivity index (χ0) is 9.60. The van der Waals surface area contributed by atoms with Gasteiger partial charge in [0.1, 0.15) is 0 Å². The Morgan fingerprint density at radius 2 is 2.50 bits per heavy atom. The molecule has 1 aliphatic heterocycles. The Labute approximate surface area is 88.3 Å². The third-order valence-electron chi connectivity index (χ3n) is 3.33. The molecule has 3 heteroatoms. The Bertz CT molecular complexity index is 343. The zero-order valence-corrected chi connectivity index (χ0v) is 9.19. The first-order valence-electron chi connectivity index (χ1n) is 5.20. The Kier molecular flexibility index (Phi) is 1.94. The average molecular weight is 209 g/mol. The highest BCUT2D eigenvalue weighted by Crippen LogP contribution is 2.55. The number of rotatable bonds is 2. The maximum absolute atomic E-state index is 5.93. The minimum absolute atomic E-state index is 0.285. The molecule has 0 radical (unpaired) electrons. The summed E-state index contributed by atoms with van der Waals surface area (Å²) in [5, 5.41) is 5.41. The van der Waals surface area contributed by atoms with Gasteiger partial charge in [0, 0.05) is 16.8 Å². The predicted molar refractivity (Wildman–Crippen MR) is 57.9 cm³/mol. The lowest BCUT2D eigenvalue weighted by Crippen LogP contribution is -2.29. The van der Waals surface area contributed by atoms with Gasteiger partial charge < -0.3 is 10.1 Å². The molecule has 1 fully saturated rings. The average Bonchev–Trinajstić information content (AvgIpc) is 2.78. The van der Waals surface area contributed by atoms with Crippen LogP contribution in [0.4, 0.5) is 0 Å². The van der Waals surface area contributed by atoms with Crippen molar-refractivity contribution < 1.29 is 4.74 Å². The number of ether oxygens (including phenoxy) is 1. The molecule has 3 rings (SSSR count). The van der Waals surface area contributed by atoms with Crippen molar-refractivity contribution in [2.75, 3.05) is 20.2 Å². The van der Waals surface area contributed by atoms with E-state index in [0.29, 0.717) is 5.41 Å². The molecule has 0 bridgehead atoms. The fraction of sp³-hybridized carbons (Fsp3) is 0.636. The number of thiophene rings is 1. The summed E-state index contributed by atoms with van der Waals surface area (Å²) in [6.07, 6.45) is 2.94. The lowest BCUT2D eigenvalue weighted by Gasteiger charge is -2.29. The second kappa shape index (κ2) is 3.05. The Balaban J connectivity index is 1.96. The van der Waals surface area contributed by atoms with Crippen molar-refractivity contribution in [1.82, 2.24) is 5.32 Å². The van der Waals surface area contributed by atoms with Crippen LogP contribution >= 0.6 is 11.3 Å². The summed E-state index contributed by atoms with van der Waals surface area (Å²) in [7, 11) is 1.98. The van der Waals surface area contributed by atoms with E-state index >= 15 is 0 Å². The van der Waals surface area contributed by atoms with Gasteiger partial charge in [-0.3, -0.25) is 0 Å². The van der Waals surface area contributed by atoms with E-state index in [1.54, 1.807) is 4.88 Å². The molecule has 1 aromatic rings. The van der Waals surface area contributed by atoms with E-state index in [1.807, 2.05) is 18.4 Å². The summed E-state index contributed by atoms with van der Waals surface area (Å²) in [6, 6.07) is 2.24. The van der Waals surface area contributed by atoms with Crippen molar-refractivity contribution in [1.29, 1.82) is 0 Å². The number of likely N-dealkylation sites (N-methyl/N-ethyl adjacent to an activating group) is 1. The molecule has 1 atom stereocenters. The smallest absolute Gasteiger partial charge is 0.0960 e. The highest BCUT2D eigenvalue weighted by molar-refractivity contribution is 7.10. The molecular formula is C11H15NOS. The normalized spacial score (nSPS) is 27.6. The summed E-state index contributed by atoms with van der Waals surface area (Å²) in [4.78, 5) is 1.60. The van der Waals surface area contributed by atoms with E-state index in [0.717, 1.165) is 13.2 Å². The van der Waals surface area contributed by atoms with Crippen molar-refractivity contribution in [2.24, 2.45) is 0 Å². The van der Waals surface area contributed by atoms with Gasteiger partial charge in [0.05, 0.1) is 12.7 Å². The van der Waals surface area contributed by atoms with Crippen LogP contribution in [0.5, 0.6) is 0 Å². The van der Waals surface area contributed by atoms with Gasteiger partial charge in [0.2, 0.25) is 0 Å². The van der Waals surface area contributed by atoms with Crippen LogP contribution in [0.3, 0.4) is 0 Å². The number of nitrogens with one attached hydrogen (secondary N) is 1. The quantitative estimate of drug-likeness (QED) is 0.805. The summed E-state index contributed by atoms with van der Waals surface area (Å²) < 4.78 is 5.93. The number of hydrogen-bond acceptors (Lipinski definition) is 3. The summed E-state index contributed by atoms with van der Waals surface area (Å²) >= 11 is 1.92. The van der Waals surface area contributed by atoms with Crippen LogP contribution in [0.15, 0.2) is 11.4 Å². The number of fused-ring (bicyclic) bond motifs is 2. The molecule has 1 saturated carbocycles. The summed E-state index contributed by atoms with van der Waals surface area (Å²) in [5.41, 5.74) is 1.88. The van der Waals surface area contributed by atoms with E-state index in [1.165, 1.54) is 18.4 Å². The molecule has 2 aliphatic rings. The van der Waals surface area contributed by atoms with E-state index in [9.17, 15) is 0 Å². The first kappa shape index (κ1) is 8.89. The molecule has 1 aromatic heterocycles. The van der Waals surface area contributed by atoms with Crippen LogP contribution in [0.25, 0.3) is 0 Å². The minimum Gasteiger partial charge on any atom is -0.371 e. The van der Waals surface area contributed by atoms with Crippen molar-refractivity contribution in [3.05, 3.63) is 21.9 Å². The highest BCUT2D eigenvalue weighted by atomic mass is 32.1. The van der Waals surface area contributed by atoms with Crippen LogP contribution in [-0.4, -0.2) is 20.2 Å². The molecule has 76 valence electrons. The van der Waals surface area contributed by atoms with E-state index in [2.05, 4.69) is 16.8 Å². The van der Waals surface area contributed by atoms with Gasteiger partial charge in [0.25, 0.3) is 0 Å². The molecule has 2 nitrogen and oxygen atoms in total. The fourth-order valence-corrected chi connectivity index (χ4v) is 3.50. The second-order valence-corrected chi connectivity index (χ2v) is 5.26. The van der Waals surface area contributed by atoms with Crippen molar-refractivity contribution >= 4 is 11.3 Å². The predicted octanol–water partition coefficient (Wildman–Crippen LogP) is 2.07. The molecular weight excluding hydrogens is 194 g/mol. The zero-order valence-electron chi connectivity index (χ0n) is 8.38. The fourth-order valence-electron chi connectivity index (χ4n) is 2.30. The molecule has 1 N–H and O–H groups in total. The van der Waals surface area contributed by atoms with Crippen LogP contribution in [0.1, 0.15) is 29.4 Å². The third-order valence-corrected chi connectivity index (χ3v) is 4.50. The maximum Gasteiger partial charge on any atom is 0.0960 e. The molecule has 0 saturated heterocycles. The standard InChI is InChI=1S/C11H15NOS/c1-12-6-9-8-2-5-14-10(8)11(3-4-11)7-13-9/h2,5,9,12H,3-4,6-7H2,1H3/t9-/m0/s1. The third kappa shape index (κ3) is 1.16. The molecule has 0 aromatic carbocycles. The van der Waals surface area contributed by atoms with Crippen molar-refractivity contribution in [3.8, 4) is 0 Å². The first-order valence-corrected chi connectivity index (χ1v) is 6.08. The van der Waals surface area contributed by atoms with Crippen LogP contribution in [0.2, 0.25) is 0 Å². The van der Waals surface area contributed by atoms with E-state index in [-0.39, 0.29) is 6.10 Å². The van der Waals surface area contributed by atoms with Crippen LogP contribution in [0, 0.1) is 0 Å². The summed E-state index contributed by atoms with van der Waals surface area (Å²) in [6.45, 7) is 1.87. The Morgan fingerprint density at radius 1 is 1.64 bits per heavy atom. The maximum atomic E-state index is 5.93. The SMILES string of the molecule is CNC[C@@H]1OCC2(CC2)c2sccc21. The largest absolute Gasteiger partial charge is 0.371 e. The minimum atomic E-state index is 0.285. The van der Waals surface area contributed by atoms with Gasteiger partial charge in [-0.05, 0) is 36.9 Å². The monoisotopic (exact) mass is 209 g/mol. The number of hydrogen-bond donors (Lipinski definition) is 1. The molecule has 1 spiro atoms. The topological polar surface area (TPSA) is 21.3 Å². The second-order valence-electron chi connectivity index (χ2n) is 4.34. The van der Waals surface area contributed by atoms with Gasteiger partial charge >= 0.3 is 0 Å². The molecule has 0 unspecified atom stereocenters. The van der Waals surface area contributed by atoms with Crippen molar-refractivity contribution in [2.45, 2.75) is 24.4 Å². The molecule has 14 heavy (non-hydrogen) atoms.